The van der Waals surface area contributed by atoms with E-state index < -0.39 is 7.12 Å². The highest BCUT2D eigenvalue weighted by atomic mass is 16.4. The molecule has 0 saturated carbocycles. The molecule has 20 heavy (non-hydrogen) atoms. The minimum atomic E-state index is -1.17. The molecule has 7 heteroatoms. The summed E-state index contributed by atoms with van der Waals surface area (Å²) < 4.78 is 0. The zero-order chi connectivity index (χ0) is 15.3. The van der Waals surface area contributed by atoms with E-state index in [1.165, 1.54) is 0 Å². The normalized spacial score (nSPS) is 11.5. The molecule has 1 atom stereocenters. The van der Waals surface area contributed by atoms with Gasteiger partial charge in [-0.15, -0.1) is 0 Å². The molecule has 0 spiro atoms. The van der Waals surface area contributed by atoms with Gasteiger partial charge >= 0.3 is 13.3 Å². The summed E-state index contributed by atoms with van der Waals surface area (Å²) in [5, 5.41) is 20.7. The van der Waals surface area contributed by atoms with E-state index in [1.807, 2.05) is 0 Å². The Labute approximate surface area is 123 Å². The van der Waals surface area contributed by atoms with Gasteiger partial charge in [0.1, 0.15) is 0 Å². The fourth-order valence-electron chi connectivity index (χ4n) is 1.51. The van der Waals surface area contributed by atoms with Crippen LogP contribution in [0.3, 0.4) is 0 Å². The highest BCUT2D eigenvalue weighted by molar-refractivity contribution is 6.40. The maximum atomic E-state index is 8.66. The Kier molecular flexibility index (Phi) is 17.9. The van der Waals surface area contributed by atoms with E-state index in [9.17, 15) is 0 Å². The molecule has 0 aromatic carbocycles. The van der Waals surface area contributed by atoms with Crippen molar-refractivity contribution in [2.75, 3.05) is 6.54 Å². The first-order chi connectivity index (χ1) is 8.72. The molecule has 0 fully saturated rings. The van der Waals surface area contributed by atoms with Crippen molar-refractivity contribution >= 4 is 13.3 Å². The van der Waals surface area contributed by atoms with E-state index in [1.54, 1.807) is 0 Å². The Balaban J connectivity index is -0.000000657. The Morgan fingerprint density at radius 3 is 2.10 bits per heavy atom. The third-order valence-electron chi connectivity index (χ3n) is 2.46. The largest absolute Gasteiger partial charge is 0.451 e. The molecule has 0 rings (SSSR count). The molecule has 0 aromatic heterocycles. The molecule has 1 unspecified atom stereocenters. The maximum Gasteiger partial charge on any atom is 0.451 e. The highest BCUT2D eigenvalue weighted by Crippen LogP contribution is 2.06. The van der Waals surface area contributed by atoms with Gasteiger partial charge in [0, 0.05) is 11.6 Å². The third-order valence-corrected chi connectivity index (χ3v) is 2.46. The molecule has 0 radical (unpaired) electrons. The quantitative estimate of drug-likeness (QED) is 0.388. The summed E-state index contributed by atoms with van der Waals surface area (Å²) in [7, 11) is -1.17. The second-order valence-electron chi connectivity index (χ2n) is 5.57. The average molecular weight is 290 g/mol. The zero-order valence-electron chi connectivity index (χ0n) is 12.2. The molecule has 6 nitrogen and oxygen atoms in total. The lowest BCUT2D eigenvalue weighted by atomic mass is 9.83. The summed E-state index contributed by atoms with van der Waals surface area (Å²) in [6.45, 7) is 7.36. The van der Waals surface area contributed by atoms with E-state index in [4.69, 9.17) is 25.4 Å². The Morgan fingerprint density at radius 2 is 1.70 bits per heavy atom. The molecule has 0 aliphatic rings. The lowest BCUT2D eigenvalue weighted by Crippen LogP contribution is -2.38. The smallest absolute Gasteiger partial charge is 0.427 e. The maximum absolute atomic E-state index is 8.66. The van der Waals surface area contributed by atoms with Crippen molar-refractivity contribution in [3.8, 4) is 0 Å². The predicted molar refractivity (Wildman–Crippen MR) is 80.9 cm³/mol. The Hall–Kier alpha value is -0.715. The van der Waals surface area contributed by atoms with Crippen LogP contribution in [0.15, 0.2) is 0 Å². The standard InChI is InChI=1S/C11H27BN2O2.CO2.CH4/c1-11(2,3)14-9-7-10(13)6-4-5-8-12(15)16;2-1-3;/h10,14-16H,4-9,13H2,1-3H3;;1H4. The Morgan fingerprint density at radius 1 is 1.20 bits per heavy atom. The monoisotopic (exact) mass is 290 g/mol. The molecule has 0 aromatic rings. The lowest BCUT2D eigenvalue weighted by Gasteiger charge is -2.21. The van der Waals surface area contributed by atoms with Crippen molar-refractivity contribution in [1.29, 1.82) is 0 Å². The van der Waals surface area contributed by atoms with Crippen LogP contribution in [0.5, 0.6) is 0 Å². The first kappa shape index (κ1) is 24.3. The summed E-state index contributed by atoms with van der Waals surface area (Å²) in [5.74, 6) is 0. The van der Waals surface area contributed by atoms with Crippen LogP contribution in [0.1, 0.15) is 53.9 Å². The van der Waals surface area contributed by atoms with Crippen molar-refractivity contribution in [1.82, 2.24) is 5.32 Å². The lowest BCUT2D eigenvalue weighted by molar-refractivity contribution is -0.191. The van der Waals surface area contributed by atoms with Crippen molar-refractivity contribution < 1.29 is 19.6 Å². The van der Waals surface area contributed by atoms with E-state index in [0.717, 1.165) is 32.2 Å². The van der Waals surface area contributed by atoms with Gasteiger partial charge in [-0.05, 0) is 46.5 Å². The van der Waals surface area contributed by atoms with Crippen molar-refractivity contribution in [2.24, 2.45) is 5.73 Å². The molecule has 0 heterocycles. The van der Waals surface area contributed by atoms with E-state index in [-0.39, 0.29) is 25.2 Å². The topological polar surface area (TPSA) is 113 Å². The molecule has 0 saturated heterocycles. The van der Waals surface area contributed by atoms with Crippen LogP contribution in [0.4, 0.5) is 0 Å². The summed E-state index contributed by atoms with van der Waals surface area (Å²) in [4.78, 5) is 16.2. The second-order valence-corrected chi connectivity index (χ2v) is 5.57. The van der Waals surface area contributed by atoms with Gasteiger partial charge in [-0.3, -0.25) is 0 Å². The van der Waals surface area contributed by atoms with Crippen molar-refractivity contribution in [3.05, 3.63) is 0 Å². The number of hydrogen-bond acceptors (Lipinski definition) is 6. The zero-order valence-corrected chi connectivity index (χ0v) is 12.2. The number of rotatable bonds is 8. The van der Waals surface area contributed by atoms with Gasteiger partial charge in [-0.2, -0.15) is 9.59 Å². The van der Waals surface area contributed by atoms with Gasteiger partial charge < -0.3 is 21.1 Å². The second kappa shape index (κ2) is 14.7. The van der Waals surface area contributed by atoms with Crippen LogP contribution < -0.4 is 11.1 Å². The van der Waals surface area contributed by atoms with Crippen LogP contribution in [0.25, 0.3) is 0 Å². The number of carbonyl (C=O) groups excluding carboxylic acids is 2. The number of unbranched alkanes of at least 4 members (excludes halogenated alkanes) is 1. The van der Waals surface area contributed by atoms with Gasteiger partial charge in [0.2, 0.25) is 0 Å². The van der Waals surface area contributed by atoms with Crippen LogP contribution in [0, 0.1) is 0 Å². The molecule has 0 aliphatic heterocycles. The van der Waals surface area contributed by atoms with Crippen LogP contribution >= 0.6 is 0 Å². The number of nitrogens with one attached hydrogen (secondary N) is 1. The van der Waals surface area contributed by atoms with Crippen LogP contribution in [-0.2, 0) is 9.59 Å². The first-order valence-corrected chi connectivity index (χ1v) is 6.59. The summed E-state index contributed by atoms with van der Waals surface area (Å²) in [6, 6.07) is 0.214. The minimum Gasteiger partial charge on any atom is -0.427 e. The van der Waals surface area contributed by atoms with Crippen molar-refractivity contribution in [3.63, 3.8) is 0 Å². The van der Waals surface area contributed by atoms with E-state index in [0.29, 0.717) is 6.32 Å². The SMILES string of the molecule is C.CC(C)(C)NCCC(N)CCCCB(O)O.O=C=O. The van der Waals surface area contributed by atoms with Crippen molar-refractivity contribution in [2.45, 2.75) is 71.8 Å². The molecular weight excluding hydrogens is 259 g/mol. The summed E-state index contributed by atoms with van der Waals surface area (Å²) >= 11 is 0. The van der Waals surface area contributed by atoms with Gasteiger partial charge in [-0.25, -0.2) is 0 Å². The molecule has 5 N–H and O–H groups in total. The summed E-state index contributed by atoms with van der Waals surface area (Å²) in [5.41, 5.74) is 6.11. The molecule has 0 bridgehead atoms. The van der Waals surface area contributed by atoms with E-state index in [2.05, 4.69) is 26.1 Å². The first-order valence-electron chi connectivity index (χ1n) is 6.59. The fourth-order valence-corrected chi connectivity index (χ4v) is 1.51. The van der Waals surface area contributed by atoms with Gasteiger partial charge in [0.25, 0.3) is 0 Å². The Bertz CT molecular complexity index is 239. The van der Waals surface area contributed by atoms with Crippen LogP contribution in [0.2, 0.25) is 6.32 Å². The number of hydrogen-bond donors (Lipinski definition) is 4. The molecule has 0 amide bonds. The van der Waals surface area contributed by atoms with Gasteiger partial charge in [0.15, 0.2) is 0 Å². The fraction of sp³-hybridized carbons (Fsp3) is 0.923. The van der Waals surface area contributed by atoms with E-state index >= 15 is 0 Å². The third kappa shape index (κ3) is 26.0. The molecule has 120 valence electrons. The molecular formula is C13H31BN2O4. The minimum absolute atomic E-state index is 0. The number of nitrogens with two attached hydrogens (primary N) is 1. The van der Waals surface area contributed by atoms with Crippen LogP contribution in [-0.4, -0.2) is 41.4 Å². The van der Waals surface area contributed by atoms with Gasteiger partial charge in [0.05, 0.1) is 0 Å². The molecule has 0 aliphatic carbocycles. The predicted octanol–water partition coefficient (Wildman–Crippen LogP) is 0.788. The summed E-state index contributed by atoms with van der Waals surface area (Å²) in [6.07, 6.45) is 4.43. The highest BCUT2D eigenvalue weighted by Gasteiger charge is 2.10. The average Bonchev–Trinajstić information content (AvgIpc) is 2.23. The van der Waals surface area contributed by atoms with Gasteiger partial charge in [-0.1, -0.05) is 20.3 Å².